The van der Waals surface area contributed by atoms with Gasteiger partial charge in [-0.05, 0) is 32.6 Å². The lowest BCUT2D eigenvalue weighted by molar-refractivity contribution is 0.0223. The van der Waals surface area contributed by atoms with Crippen LogP contribution >= 0.6 is 0 Å². The Kier molecular flexibility index (Phi) is 5.68. The highest BCUT2D eigenvalue weighted by Crippen LogP contribution is 2.19. The molecule has 3 nitrogen and oxygen atoms in total. The van der Waals surface area contributed by atoms with Crippen molar-refractivity contribution in [3.8, 4) is 0 Å². The summed E-state index contributed by atoms with van der Waals surface area (Å²) in [6, 6.07) is 1.20. The summed E-state index contributed by atoms with van der Waals surface area (Å²) in [6.07, 6.45) is 3.30. The van der Waals surface area contributed by atoms with E-state index in [1.807, 2.05) is 6.08 Å². The summed E-state index contributed by atoms with van der Waals surface area (Å²) in [5, 5.41) is 0. The maximum atomic E-state index is 6.23. The van der Waals surface area contributed by atoms with Gasteiger partial charge in [-0.15, -0.1) is 6.58 Å². The first kappa shape index (κ1) is 13.9. The Bertz CT molecular complexity index is 221. The lowest BCUT2D eigenvalue weighted by Gasteiger charge is -2.33. The van der Waals surface area contributed by atoms with Crippen LogP contribution in [0.25, 0.3) is 0 Å². The minimum Gasteiger partial charge on any atom is -0.411 e. The summed E-state index contributed by atoms with van der Waals surface area (Å²) < 4.78 is 11.8. The van der Waals surface area contributed by atoms with E-state index in [2.05, 4.69) is 31.6 Å². The summed E-state index contributed by atoms with van der Waals surface area (Å²) in [5.74, 6) is 0. The van der Waals surface area contributed by atoms with Crippen LogP contribution in [-0.4, -0.2) is 52.7 Å². The summed E-state index contributed by atoms with van der Waals surface area (Å²) in [5.41, 5.74) is 0. The molecule has 1 saturated heterocycles. The van der Waals surface area contributed by atoms with Crippen LogP contribution in [0.3, 0.4) is 0 Å². The van der Waals surface area contributed by atoms with Crippen molar-refractivity contribution in [2.24, 2.45) is 0 Å². The first-order chi connectivity index (χ1) is 7.53. The molecule has 0 aromatic heterocycles. The average molecular weight is 243 g/mol. The highest BCUT2D eigenvalue weighted by molar-refractivity contribution is 6.71. The molecule has 16 heavy (non-hydrogen) atoms. The van der Waals surface area contributed by atoms with Crippen LogP contribution in [0.1, 0.15) is 6.42 Å². The third-order valence-corrected chi connectivity index (χ3v) is 5.34. The fraction of sp³-hybridized carbons (Fsp3) is 0.833. The molecule has 0 amide bonds. The number of rotatable bonds is 4. The Morgan fingerprint density at radius 3 is 2.94 bits per heavy atom. The number of hydrogen-bond donors (Lipinski definition) is 0. The van der Waals surface area contributed by atoms with Crippen LogP contribution in [0.2, 0.25) is 19.1 Å². The van der Waals surface area contributed by atoms with Gasteiger partial charge in [0, 0.05) is 19.7 Å². The van der Waals surface area contributed by atoms with Gasteiger partial charge in [-0.2, -0.15) is 0 Å². The number of ether oxygens (including phenoxy) is 1. The minimum atomic E-state index is -1.46. The molecule has 1 atom stereocenters. The van der Waals surface area contributed by atoms with Crippen molar-refractivity contribution in [3.05, 3.63) is 12.7 Å². The van der Waals surface area contributed by atoms with E-state index in [0.29, 0.717) is 0 Å². The topological polar surface area (TPSA) is 21.7 Å². The molecule has 0 spiro atoms. The van der Waals surface area contributed by atoms with E-state index < -0.39 is 8.32 Å². The molecule has 1 rings (SSSR count). The third kappa shape index (κ3) is 5.25. The van der Waals surface area contributed by atoms with E-state index >= 15 is 0 Å². The van der Waals surface area contributed by atoms with E-state index in [9.17, 15) is 0 Å². The van der Waals surface area contributed by atoms with Gasteiger partial charge in [0.2, 0.25) is 0 Å². The van der Waals surface area contributed by atoms with Crippen LogP contribution in [-0.2, 0) is 9.16 Å². The number of hydrogen-bond acceptors (Lipinski definition) is 3. The largest absolute Gasteiger partial charge is 0.411 e. The van der Waals surface area contributed by atoms with Crippen LogP contribution < -0.4 is 0 Å². The van der Waals surface area contributed by atoms with Crippen molar-refractivity contribution in [1.29, 1.82) is 0 Å². The molecular weight excluding hydrogens is 218 g/mol. The quantitative estimate of drug-likeness (QED) is 0.557. The second-order valence-electron chi connectivity index (χ2n) is 5.19. The molecule has 1 heterocycles. The van der Waals surface area contributed by atoms with E-state index in [1.54, 1.807) is 0 Å². The van der Waals surface area contributed by atoms with Crippen LogP contribution in [0, 0.1) is 0 Å². The zero-order valence-electron chi connectivity index (χ0n) is 10.9. The molecule has 1 fully saturated rings. The zero-order chi connectivity index (χ0) is 12.0. The molecule has 94 valence electrons. The summed E-state index contributed by atoms with van der Waals surface area (Å²) in [7, 11) is 0.637. The molecule has 4 heteroatoms. The van der Waals surface area contributed by atoms with Gasteiger partial charge in [-0.1, -0.05) is 6.08 Å². The summed E-state index contributed by atoms with van der Waals surface area (Å²) >= 11 is 0. The Morgan fingerprint density at radius 1 is 1.50 bits per heavy atom. The Labute approximate surface area is 101 Å². The molecule has 0 aliphatic carbocycles. The molecular formula is C12H25NO2Si. The fourth-order valence-corrected chi connectivity index (χ4v) is 4.25. The Morgan fingerprint density at radius 2 is 2.25 bits per heavy atom. The van der Waals surface area contributed by atoms with Crippen molar-refractivity contribution in [1.82, 2.24) is 4.90 Å². The summed E-state index contributed by atoms with van der Waals surface area (Å²) in [4.78, 5) is 2.23. The maximum Gasteiger partial charge on any atom is 0.187 e. The zero-order valence-corrected chi connectivity index (χ0v) is 11.9. The van der Waals surface area contributed by atoms with E-state index in [0.717, 1.165) is 32.7 Å². The van der Waals surface area contributed by atoms with Gasteiger partial charge in [0.25, 0.3) is 0 Å². The third-order valence-electron chi connectivity index (χ3n) is 2.81. The van der Waals surface area contributed by atoms with E-state index in [-0.39, 0.29) is 6.10 Å². The smallest absolute Gasteiger partial charge is 0.187 e. The van der Waals surface area contributed by atoms with Gasteiger partial charge in [0.15, 0.2) is 8.32 Å². The molecule has 0 aromatic rings. The van der Waals surface area contributed by atoms with Crippen molar-refractivity contribution >= 4 is 8.32 Å². The van der Waals surface area contributed by atoms with Crippen LogP contribution in [0.4, 0.5) is 0 Å². The predicted octanol–water partition coefficient (Wildman–Crippen LogP) is 2.11. The Balaban J connectivity index is 2.45. The second kappa shape index (κ2) is 6.54. The van der Waals surface area contributed by atoms with Gasteiger partial charge in [-0.25, -0.2) is 0 Å². The van der Waals surface area contributed by atoms with Crippen LogP contribution in [0.5, 0.6) is 0 Å². The average Bonchev–Trinajstić information content (AvgIpc) is 2.13. The van der Waals surface area contributed by atoms with E-state index in [1.165, 1.54) is 6.04 Å². The molecule has 0 N–H and O–H groups in total. The first-order valence-corrected chi connectivity index (χ1v) is 9.20. The minimum absolute atomic E-state index is 0.229. The lowest BCUT2D eigenvalue weighted by atomic mass is 10.3. The van der Waals surface area contributed by atoms with Gasteiger partial charge < -0.3 is 14.1 Å². The van der Waals surface area contributed by atoms with Gasteiger partial charge in [0.1, 0.15) is 0 Å². The van der Waals surface area contributed by atoms with Gasteiger partial charge in [-0.3, -0.25) is 0 Å². The molecule has 0 saturated carbocycles. The van der Waals surface area contributed by atoms with Crippen molar-refractivity contribution in [2.75, 3.05) is 33.4 Å². The maximum absolute atomic E-state index is 6.23. The SMILES string of the molecule is C=CCN(C)CC1COCCC[Si](C)(C)O1. The van der Waals surface area contributed by atoms with E-state index in [4.69, 9.17) is 9.16 Å². The fourth-order valence-electron chi connectivity index (χ4n) is 2.09. The standard InChI is InChI=1S/C12H25NO2Si/c1-5-7-13(2)10-12-11-14-8-6-9-16(3,4)15-12/h5,12H,1,6-11H2,2-4H3. The highest BCUT2D eigenvalue weighted by atomic mass is 28.4. The molecule has 0 aromatic carbocycles. The Hall–Kier alpha value is -0.163. The van der Waals surface area contributed by atoms with Crippen molar-refractivity contribution in [3.63, 3.8) is 0 Å². The normalized spacial score (nSPS) is 26.1. The van der Waals surface area contributed by atoms with Crippen molar-refractivity contribution in [2.45, 2.75) is 31.7 Å². The second-order valence-corrected chi connectivity index (χ2v) is 9.44. The molecule has 1 aliphatic heterocycles. The van der Waals surface area contributed by atoms with Crippen LogP contribution in [0.15, 0.2) is 12.7 Å². The number of nitrogens with zero attached hydrogens (tertiary/aromatic N) is 1. The predicted molar refractivity (Wildman–Crippen MR) is 70.3 cm³/mol. The molecule has 1 aliphatic rings. The monoisotopic (exact) mass is 243 g/mol. The molecule has 1 unspecified atom stereocenters. The number of likely N-dealkylation sites (N-methyl/N-ethyl adjacent to an activating group) is 1. The van der Waals surface area contributed by atoms with Gasteiger partial charge in [0.05, 0.1) is 12.7 Å². The van der Waals surface area contributed by atoms with Crippen molar-refractivity contribution < 1.29 is 9.16 Å². The molecule has 0 radical (unpaired) electrons. The van der Waals surface area contributed by atoms with Gasteiger partial charge >= 0.3 is 0 Å². The lowest BCUT2D eigenvalue weighted by Crippen LogP contribution is -2.44. The summed E-state index contributed by atoms with van der Waals surface area (Å²) in [6.45, 7) is 11.8. The highest BCUT2D eigenvalue weighted by Gasteiger charge is 2.28. The molecule has 0 bridgehead atoms. The first-order valence-electron chi connectivity index (χ1n) is 6.08.